The van der Waals surface area contributed by atoms with Crippen molar-refractivity contribution in [1.29, 1.82) is 0 Å². The van der Waals surface area contributed by atoms with Gasteiger partial charge in [0.25, 0.3) is 0 Å². The largest absolute Gasteiger partial charge is 0.345 e. The highest BCUT2D eigenvalue weighted by atomic mass is 35.5. The predicted octanol–water partition coefficient (Wildman–Crippen LogP) is 2.53. The van der Waals surface area contributed by atoms with E-state index in [9.17, 15) is 4.79 Å². The number of thiazole rings is 1. The van der Waals surface area contributed by atoms with Gasteiger partial charge in [-0.1, -0.05) is 6.92 Å². The van der Waals surface area contributed by atoms with Crippen LogP contribution < -0.4 is 10.6 Å². The maximum absolute atomic E-state index is 13.1. The first-order valence-corrected chi connectivity index (χ1v) is 8.55. The summed E-state index contributed by atoms with van der Waals surface area (Å²) in [6.07, 6.45) is 7.71. The van der Waals surface area contributed by atoms with E-state index in [4.69, 9.17) is 0 Å². The van der Waals surface area contributed by atoms with Crippen LogP contribution in [-0.4, -0.2) is 33.8 Å². The van der Waals surface area contributed by atoms with Gasteiger partial charge in [-0.15, -0.1) is 36.2 Å². The summed E-state index contributed by atoms with van der Waals surface area (Å²) < 4.78 is 1.82. The Morgan fingerprint density at radius 2 is 2.17 bits per heavy atom. The van der Waals surface area contributed by atoms with Gasteiger partial charge in [-0.25, -0.2) is 4.98 Å². The van der Waals surface area contributed by atoms with Crippen LogP contribution in [0, 0.1) is 0 Å². The summed E-state index contributed by atoms with van der Waals surface area (Å²) in [6.45, 7) is 3.71. The van der Waals surface area contributed by atoms with Gasteiger partial charge < -0.3 is 10.6 Å². The number of rotatable bonds is 5. The molecule has 0 radical (unpaired) electrons. The quantitative estimate of drug-likeness (QED) is 0.821. The average molecular weight is 392 g/mol. The molecule has 3 rings (SSSR count). The summed E-state index contributed by atoms with van der Waals surface area (Å²) in [6, 6.07) is 1.84. The number of halogens is 2. The Morgan fingerprint density at radius 1 is 1.42 bits per heavy atom. The van der Waals surface area contributed by atoms with Crippen molar-refractivity contribution < 1.29 is 4.79 Å². The minimum atomic E-state index is -0.598. The minimum Gasteiger partial charge on any atom is -0.345 e. The number of nitrogens with one attached hydrogen (secondary N) is 2. The molecule has 24 heavy (non-hydrogen) atoms. The fraction of sp³-hybridized carbons (Fsp3) is 0.533. The molecule has 0 bridgehead atoms. The number of carbonyl (C=O) groups is 1. The molecule has 0 aliphatic carbocycles. The van der Waals surface area contributed by atoms with E-state index >= 15 is 0 Å². The fourth-order valence-corrected chi connectivity index (χ4v) is 3.73. The van der Waals surface area contributed by atoms with Crippen LogP contribution in [0.1, 0.15) is 37.2 Å². The normalized spacial score (nSPS) is 17.2. The lowest BCUT2D eigenvalue weighted by molar-refractivity contribution is -0.132. The number of nitrogens with zero attached hydrogens (tertiary/aromatic N) is 3. The lowest BCUT2D eigenvalue weighted by Crippen LogP contribution is -2.55. The van der Waals surface area contributed by atoms with E-state index < -0.39 is 5.54 Å². The molecule has 3 heterocycles. The summed E-state index contributed by atoms with van der Waals surface area (Å²) in [5.74, 6) is 0.0414. The van der Waals surface area contributed by atoms with Crippen LogP contribution in [0.15, 0.2) is 30.0 Å². The Labute approximate surface area is 158 Å². The van der Waals surface area contributed by atoms with Gasteiger partial charge in [0.2, 0.25) is 5.91 Å². The van der Waals surface area contributed by atoms with Crippen molar-refractivity contribution in [1.82, 2.24) is 25.4 Å². The number of aromatic nitrogens is 3. The molecule has 0 aromatic carbocycles. The Morgan fingerprint density at radius 3 is 2.71 bits per heavy atom. The predicted molar refractivity (Wildman–Crippen MR) is 100 cm³/mol. The Bertz CT molecular complexity index is 599. The van der Waals surface area contributed by atoms with E-state index in [0.29, 0.717) is 0 Å². The van der Waals surface area contributed by atoms with Crippen LogP contribution in [0.3, 0.4) is 0 Å². The van der Waals surface area contributed by atoms with Crippen molar-refractivity contribution in [2.45, 2.75) is 37.8 Å². The summed E-state index contributed by atoms with van der Waals surface area (Å²) in [4.78, 5) is 17.4. The van der Waals surface area contributed by atoms with Gasteiger partial charge in [-0.3, -0.25) is 9.48 Å². The standard InChI is InChI=1S/C15H21N5OS.2ClH/c1-2-12(13-17-9-11-22-13)19-14(21)15(4-7-16-8-5-15)20-10-3-6-18-20;;/h3,6,9-12,16H,2,4-5,7-8H2,1H3,(H,19,21);2*1H. The van der Waals surface area contributed by atoms with Gasteiger partial charge in [0.1, 0.15) is 10.5 Å². The molecule has 1 fully saturated rings. The lowest BCUT2D eigenvalue weighted by Gasteiger charge is -2.37. The number of piperidine rings is 1. The average Bonchev–Trinajstić information content (AvgIpc) is 3.26. The molecule has 2 aromatic heterocycles. The number of amides is 1. The second-order valence-corrected chi connectivity index (χ2v) is 6.46. The van der Waals surface area contributed by atoms with Crippen LogP contribution in [0.5, 0.6) is 0 Å². The molecule has 1 amide bonds. The van der Waals surface area contributed by atoms with E-state index in [1.165, 1.54) is 0 Å². The molecule has 6 nitrogen and oxygen atoms in total. The Kier molecular flexibility index (Phi) is 8.15. The third-order valence-corrected chi connectivity index (χ3v) is 5.15. The topological polar surface area (TPSA) is 71.8 Å². The van der Waals surface area contributed by atoms with Gasteiger partial charge in [-0.05, 0) is 38.4 Å². The van der Waals surface area contributed by atoms with Crippen molar-refractivity contribution in [3.05, 3.63) is 35.0 Å². The summed E-state index contributed by atoms with van der Waals surface area (Å²) in [5.41, 5.74) is -0.598. The molecule has 0 saturated carbocycles. The zero-order valence-electron chi connectivity index (χ0n) is 13.5. The number of hydrogen-bond donors (Lipinski definition) is 2. The lowest BCUT2D eigenvalue weighted by atomic mass is 9.87. The van der Waals surface area contributed by atoms with Crippen molar-refractivity contribution in [2.75, 3.05) is 13.1 Å². The van der Waals surface area contributed by atoms with E-state index in [1.54, 1.807) is 23.7 Å². The summed E-state index contributed by atoms with van der Waals surface area (Å²) in [5, 5.41) is 13.8. The maximum Gasteiger partial charge on any atom is 0.248 e. The molecular formula is C15H23Cl2N5OS. The van der Waals surface area contributed by atoms with E-state index in [2.05, 4.69) is 27.6 Å². The van der Waals surface area contributed by atoms with Gasteiger partial charge in [0.15, 0.2) is 0 Å². The molecule has 1 atom stereocenters. The minimum absolute atomic E-state index is 0. The molecule has 134 valence electrons. The zero-order chi connectivity index (χ0) is 15.4. The second-order valence-electron chi connectivity index (χ2n) is 5.54. The van der Waals surface area contributed by atoms with Crippen molar-refractivity contribution in [2.24, 2.45) is 0 Å². The van der Waals surface area contributed by atoms with E-state index in [-0.39, 0.29) is 36.8 Å². The van der Waals surface area contributed by atoms with Gasteiger partial charge in [-0.2, -0.15) is 5.10 Å². The third-order valence-electron chi connectivity index (χ3n) is 4.26. The Hall–Kier alpha value is -1.15. The molecule has 0 spiro atoms. The fourth-order valence-electron chi connectivity index (χ4n) is 2.96. The van der Waals surface area contributed by atoms with Crippen molar-refractivity contribution >= 4 is 42.1 Å². The molecule has 2 N–H and O–H groups in total. The molecule has 9 heteroatoms. The first-order chi connectivity index (χ1) is 10.8. The van der Waals surface area contributed by atoms with Crippen molar-refractivity contribution in [3.63, 3.8) is 0 Å². The van der Waals surface area contributed by atoms with Gasteiger partial charge in [0, 0.05) is 24.0 Å². The van der Waals surface area contributed by atoms with E-state index in [1.807, 2.05) is 22.3 Å². The monoisotopic (exact) mass is 391 g/mol. The first kappa shape index (κ1) is 20.9. The smallest absolute Gasteiger partial charge is 0.248 e. The highest BCUT2D eigenvalue weighted by molar-refractivity contribution is 7.09. The molecular weight excluding hydrogens is 369 g/mol. The van der Waals surface area contributed by atoms with Crippen LogP contribution in [-0.2, 0) is 10.3 Å². The molecule has 1 saturated heterocycles. The molecule has 1 aliphatic heterocycles. The van der Waals surface area contributed by atoms with Crippen LogP contribution >= 0.6 is 36.2 Å². The Balaban J connectivity index is 0.00000144. The van der Waals surface area contributed by atoms with Crippen LogP contribution in [0.2, 0.25) is 0 Å². The highest BCUT2D eigenvalue weighted by Gasteiger charge is 2.42. The van der Waals surface area contributed by atoms with E-state index in [0.717, 1.165) is 37.4 Å². The summed E-state index contributed by atoms with van der Waals surface area (Å²) in [7, 11) is 0. The molecule has 2 aromatic rings. The maximum atomic E-state index is 13.1. The molecule has 1 aliphatic rings. The van der Waals surface area contributed by atoms with Crippen LogP contribution in [0.4, 0.5) is 0 Å². The zero-order valence-corrected chi connectivity index (χ0v) is 15.9. The van der Waals surface area contributed by atoms with Crippen molar-refractivity contribution in [3.8, 4) is 0 Å². The summed E-state index contributed by atoms with van der Waals surface area (Å²) >= 11 is 1.58. The second kappa shape index (κ2) is 9.36. The third kappa shape index (κ3) is 4.08. The van der Waals surface area contributed by atoms with Crippen LogP contribution in [0.25, 0.3) is 0 Å². The van der Waals surface area contributed by atoms with Gasteiger partial charge >= 0.3 is 0 Å². The highest BCUT2D eigenvalue weighted by Crippen LogP contribution is 2.29. The van der Waals surface area contributed by atoms with Gasteiger partial charge in [0.05, 0.1) is 6.04 Å². The first-order valence-electron chi connectivity index (χ1n) is 7.67. The number of carbonyl (C=O) groups excluding carboxylic acids is 1. The molecule has 1 unspecified atom stereocenters. The SMILES string of the molecule is CCC(NC(=O)C1(n2cccn2)CCNCC1)c1nccs1.Cl.Cl. The number of hydrogen-bond acceptors (Lipinski definition) is 5.